The van der Waals surface area contributed by atoms with Gasteiger partial charge in [-0.25, -0.2) is 4.39 Å². The highest BCUT2D eigenvalue weighted by atomic mass is 19.1. The number of nitrogens with one attached hydrogen (secondary N) is 1. The molecule has 0 atom stereocenters. The number of hydrogen-bond donors (Lipinski definition) is 1. The summed E-state index contributed by atoms with van der Waals surface area (Å²) in [5.41, 5.74) is 2.37. The van der Waals surface area contributed by atoms with Gasteiger partial charge in [-0.1, -0.05) is 36.4 Å². The van der Waals surface area contributed by atoms with E-state index in [1.54, 1.807) is 24.3 Å². The molecule has 1 amide bonds. The Bertz CT molecular complexity index is 998. The molecule has 0 spiro atoms. The fourth-order valence-electron chi connectivity index (χ4n) is 2.81. The van der Waals surface area contributed by atoms with Gasteiger partial charge in [0.15, 0.2) is 0 Å². The van der Waals surface area contributed by atoms with E-state index in [-0.39, 0.29) is 18.3 Å². The summed E-state index contributed by atoms with van der Waals surface area (Å²) in [6.45, 7) is 0.740. The van der Waals surface area contributed by atoms with Crippen LogP contribution in [0.4, 0.5) is 4.39 Å². The molecule has 0 aliphatic carbocycles. The summed E-state index contributed by atoms with van der Waals surface area (Å²) in [5.74, 6) is -0.626. The highest BCUT2D eigenvalue weighted by Crippen LogP contribution is 2.22. The number of rotatable bonds is 6. The number of para-hydroxylation sites is 1. The summed E-state index contributed by atoms with van der Waals surface area (Å²) < 4.78 is 15.6. The molecule has 130 valence electrons. The molecule has 1 N–H and O–H groups in total. The highest BCUT2D eigenvalue weighted by Gasteiger charge is 2.06. The summed E-state index contributed by atoms with van der Waals surface area (Å²) in [6, 6.07) is 16.4. The average Bonchev–Trinajstić information content (AvgIpc) is 3.02. The van der Waals surface area contributed by atoms with Crippen molar-refractivity contribution in [3.05, 3.63) is 77.7 Å². The van der Waals surface area contributed by atoms with E-state index >= 15 is 0 Å². The molecule has 1 aromatic heterocycles. The minimum Gasteiger partial charge on any atom is -0.348 e. The lowest BCUT2D eigenvalue weighted by atomic mass is 10.1. The van der Waals surface area contributed by atoms with Crippen molar-refractivity contribution >= 4 is 22.9 Å². The van der Waals surface area contributed by atoms with Crippen molar-refractivity contribution < 1.29 is 9.18 Å². The van der Waals surface area contributed by atoms with Crippen LogP contribution in [0.5, 0.6) is 0 Å². The second kappa shape index (κ2) is 8.13. The smallest absolute Gasteiger partial charge is 0.244 e. The van der Waals surface area contributed by atoms with Gasteiger partial charge in [0.2, 0.25) is 5.91 Å². The summed E-state index contributed by atoms with van der Waals surface area (Å²) in [6.07, 6.45) is 5.53. The molecule has 4 nitrogen and oxygen atoms in total. The van der Waals surface area contributed by atoms with E-state index < -0.39 is 0 Å². The molecule has 3 aromatic rings. The third kappa shape index (κ3) is 3.98. The predicted molar refractivity (Wildman–Crippen MR) is 99.4 cm³/mol. The Labute approximate surface area is 151 Å². The first-order chi connectivity index (χ1) is 12.7. The zero-order chi connectivity index (χ0) is 18.4. The summed E-state index contributed by atoms with van der Waals surface area (Å²) in [7, 11) is 0. The van der Waals surface area contributed by atoms with Gasteiger partial charge in [0.1, 0.15) is 5.82 Å². The zero-order valence-electron chi connectivity index (χ0n) is 14.2. The van der Waals surface area contributed by atoms with Crippen LogP contribution in [0.25, 0.3) is 17.0 Å². The molecule has 2 aromatic carbocycles. The summed E-state index contributed by atoms with van der Waals surface area (Å²) >= 11 is 0. The van der Waals surface area contributed by atoms with Gasteiger partial charge in [0, 0.05) is 47.4 Å². The van der Waals surface area contributed by atoms with Crippen molar-refractivity contribution in [3.63, 3.8) is 0 Å². The Morgan fingerprint density at radius 3 is 2.77 bits per heavy atom. The normalized spacial score (nSPS) is 10.9. The van der Waals surface area contributed by atoms with Gasteiger partial charge in [-0.15, -0.1) is 0 Å². The number of aryl methyl sites for hydroxylation is 1. The van der Waals surface area contributed by atoms with Crippen molar-refractivity contribution in [1.29, 1.82) is 5.26 Å². The van der Waals surface area contributed by atoms with Gasteiger partial charge in [0.25, 0.3) is 0 Å². The van der Waals surface area contributed by atoms with Crippen molar-refractivity contribution in [2.75, 3.05) is 0 Å². The Morgan fingerprint density at radius 2 is 1.96 bits per heavy atom. The zero-order valence-corrected chi connectivity index (χ0v) is 14.2. The van der Waals surface area contributed by atoms with E-state index in [0.29, 0.717) is 18.5 Å². The lowest BCUT2D eigenvalue weighted by Gasteiger charge is -2.03. The van der Waals surface area contributed by atoms with Gasteiger partial charge in [-0.05, 0) is 18.2 Å². The lowest BCUT2D eigenvalue weighted by molar-refractivity contribution is -0.116. The van der Waals surface area contributed by atoms with E-state index in [0.717, 1.165) is 16.5 Å². The van der Waals surface area contributed by atoms with E-state index in [2.05, 4.69) is 11.4 Å². The number of amides is 1. The summed E-state index contributed by atoms with van der Waals surface area (Å²) in [4.78, 5) is 12.0. The second-order valence-corrected chi connectivity index (χ2v) is 5.85. The number of carbonyl (C=O) groups is 1. The largest absolute Gasteiger partial charge is 0.348 e. The molecular weight excluding hydrogens is 329 g/mol. The van der Waals surface area contributed by atoms with Crippen LogP contribution in [0.15, 0.2) is 60.8 Å². The molecule has 0 aliphatic rings. The molecule has 0 radical (unpaired) electrons. The minimum absolute atomic E-state index is 0.139. The molecule has 0 unspecified atom stereocenters. The molecule has 0 saturated carbocycles. The van der Waals surface area contributed by atoms with Crippen LogP contribution < -0.4 is 5.32 Å². The third-order valence-corrected chi connectivity index (χ3v) is 4.11. The first kappa shape index (κ1) is 17.4. The SMILES string of the molecule is N#CCCn1cc(/C=C/C(=O)NCc2ccccc2F)c2ccccc21. The van der Waals surface area contributed by atoms with Crippen LogP contribution in [0, 0.1) is 17.1 Å². The van der Waals surface area contributed by atoms with Crippen LogP contribution >= 0.6 is 0 Å². The first-order valence-corrected chi connectivity index (χ1v) is 8.33. The number of carbonyl (C=O) groups excluding carboxylic acids is 1. The topological polar surface area (TPSA) is 57.8 Å². The maximum atomic E-state index is 13.6. The van der Waals surface area contributed by atoms with Crippen molar-refractivity contribution in [2.24, 2.45) is 0 Å². The molecule has 0 saturated heterocycles. The molecule has 0 aliphatic heterocycles. The van der Waals surface area contributed by atoms with Gasteiger partial charge < -0.3 is 9.88 Å². The average molecular weight is 347 g/mol. The van der Waals surface area contributed by atoms with Crippen LogP contribution in [-0.2, 0) is 17.9 Å². The number of aromatic nitrogens is 1. The van der Waals surface area contributed by atoms with Gasteiger partial charge >= 0.3 is 0 Å². The summed E-state index contributed by atoms with van der Waals surface area (Å²) in [5, 5.41) is 12.5. The van der Waals surface area contributed by atoms with Gasteiger partial charge in [0.05, 0.1) is 12.5 Å². The van der Waals surface area contributed by atoms with Crippen LogP contribution in [0.2, 0.25) is 0 Å². The molecule has 3 rings (SSSR count). The Kier molecular flexibility index (Phi) is 5.45. The van der Waals surface area contributed by atoms with Crippen molar-refractivity contribution in [1.82, 2.24) is 9.88 Å². The lowest BCUT2D eigenvalue weighted by Crippen LogP contribution is -2.20. The molecular formula is C21H18FN3O. The number of benzene rings is 2. The number of nitrogens with zero attached hydrogens (tertiary/aromatic N) is 2. The Balaban J connectivity index is 1.72. The number of fused-ring (bicyclic) bond motifs is 1. The van der Waals surface area contributed by atoms with Gasteiger partial charge in [-0.3, -0.25) is 4.79 Å². The second-order valence-electron chi connectivity index (χ2n) is 5.85. The Hall–Kier alpha value is -3.39. The van der Waals surface area contributed by atoms with E-state index in [1.807, 2.05) is 35.0 Å². The fraction of sp³-hybridized carbons (Fsp3) is 0.143. The van der Waals surface area contributed by atoms with Crippen molar-refractivity contribution in [3.8, 4) is 6.07 Å². The van der Waals surface area contributed by atoms with Crippen LogP contribution in [0.1, 0.15) is 17.5 Å². The monoisotopic (exact) mass is 347 g/mol. The van der Waals surface area contributed by atoms with Crippen LogP contribution in [0.3, 0.4) is 0 Å². The number of halogens is 1. The predicted octanol–water partition coefficient (Wildman–Crippen LogP) is 4.02. The van der Waals surface area contributed by atoms with Crippen molar-refractivity contribution in [2.45, 2.75) is 19.5 Å². The third-order valence-electron chi connectivity index (χ3n) is 4.11. The molecule has 26 heavy (non-hydrogen) atoms. The number of nitriles is 1. The minimum atomic E-state index is -0.336. The quantitative estimate of drug-likeness (QED) is 0.685. The van der Waals surface area contributed by atoms with Gasteiger partial charge in [-0.2, -0.15) is 5.26 Å². The maximum Gasteiger partial charge on any atom is 0.244 e. The standard InChI is InChI=1S/C21H18FN3O/c22-19-8-3-1-6-16(19)14-24-21(26)11-10-17-15-25(13-5-12-23)20-9-4-2-7-18(17)20/h1-4,6-11,15H,5,13-14H2,(H,24,26)/b11-10+. The maximum absolute atomic E-state index is 13.6. The molecule has 1 heterocycles. The van der Waals surface area contributed by atoms with E-state index in [9.17, 15) is 9.18 Å². The van der Waals surface area contributed by atoms with Crippen LogP contribution in [-0.4, -0.2) is 10.5 Å². The Morgan fingerprint density at radius 1 is 1.19 bits per heavy atom. The first-order valence-electron chi connectivity index (χ1n) is 8.33. The fourth-order valence-corrected chi connectivity index (χ4v) is 2.81. The molecule has 5 heteroatoms. The van der Waals surface area contributed by atoms with E-state index in [1.165, 1.54) is 12.1 Å². The molecule has 0 fully saturated rings. The molecule has 0 bridgehead atoms. The highest BCUT2D eigenvalue weighted by molar-refractivity contribution is 5.96. The number of hydrogen-bond acceptors (Lipinski definition) is 2. The van der Waals surface area contributed by atoms with E-state index in [4.69, 9.17) is 5.26 Å².